The Balaban J connectivity index is 2.07. The number of carbonyl (C=O) groups excluding carboxylic acids is 1. The molecule has 1 fully saturated rings. The maximum atomic E-state index is 11.8. The summed E-state index contributed by atoms with van der Waals surface area (Å²) in [7, 11) is 3.27. The van der Waals surface area contributed by atoms with Crippen LogP contribution in [0.1, 0.15) is 24.0 Å². The Morgan fingerprint density at radius 2 is 1.89 bits per heavy atom. The number of methoxy groups -OCH3 is 2. The molecule has 0 aromatic heterocycles. The number of fused-ring (bicyclic) bond motifs is 2. The van der Waals surface area contributed by atoms with Crippen molar-refractivity contribution in [2.45, 2.75) is 19.3 Å². The Bertz CT molecular complexity index is 523. The van der Waals surface area contributed by atoms with Crippen LogP contribution in [0.15, 0.2) is 12.1 Å². The fraction of sp³-hybridized carbons (Fsp3) is 0.533. The van der Waals surface area contributed by atoms with Crippen molar-refractivity contribution < 1.29 is 19.0 Å². The lowest BCUT2D eigenvalue weighted by molar-refractivity contribution is -0.141. The summed E-state index contributed by atoms with van der Waals surface area (Å²) in [6.45, 7) is 2.70. The van der Waals surface area contributed by atoms with Crippen LogP contribution in [0.3, 0.4) is 0 Å². The third-order valence-electron chi connectivity index (χ3n) is 4.46. The fourth-order valence-electron chi connectivity index (χ4n) is 3.31. The van der Waals surface area contributed by atoms with Crippen LogP contribution in [0.5, 0.6) is 11.5 Å². The normalized spacial score (nSPS) is 28.4. The highest BCUT2D eigenvalue weighted by molar-refractivity contribution is 5.76. The van der Waals surface area contributed by atoms with E-state index in [1.807, 2.05) is 12.1 Å². The summed E-state index contributed by atoms with van der Waals surface area (Å²) in [5.74, 6) is 2.01. The maximum Gasteiger partial charge on any atom is 0.309 e. The van der Waals surface area contributed by atoms with E-state index in [-0.39, 0.29) is 17.8 Å². The third-order valence-corrected chi connectivity index (χ3v) is 4.46. The molecule has 3 atom stereocenters. The highest BCUT2D eigenvalue weighted by Crippen LogP contribution is 2.46. The minimum absolute atomic E-state index is 0.000557. The number of esters is 1. The van der Waals surface area contributed by atoms with E-state index in [2.05, 4.69) is 6.92 Å². The summed E-state index contributed by atoms with van der Waals surface area (Å²) in [6.07, 6.45) is 0.740. The second-order valence-corrected chi connectivity index (χ2v) is 5.30. The van der Waals surface area contributed by atoms with Gasteiger partial charge in [-0.2, -0.15) is 0 Å². The molecule has 1 aromatic rings. The molecule has 1 saturated heterocycles. The van der Waals surface area contributed by atoms with Crippen molar-refractivity contribution in [1.29, 1.82) is 0 Å². The smallest absolute Gasteiger partial charge is 0.309 e. The molecular formula is C15H18O4. The lowest BCUT2D eigenvalue weighted by Crippen LogP contribution is -2.29. The number of carbonyl (C=O) groups is 1. The lowest BCUT2D eigenvalue weighted by atomic mass is 9.71. The van der Waals surface area contributed by atoms with Crippen LogP contribution in [0.25, 0.3) is 0 Å². The predicted molar refractivity (Wildman–Crippen MR) is 69.6 cm³/mol. The van der Waals surface area contributed by atoms with Crippen molar-refractivity contribution in [1.82, 2.24) is 0 Å². The molecule has 1 aliphatic heterocycles. The molecule has 1 aliphatic carbocycles. The Morgan fingerprint density at radius 3 is 2.58 bits per heavy atom. The molecule has 4 heteroatoms. The molecule has 0 N–H and O–H groups in total. The van der Waals surface area contributed by atoms with Crippen molar-refractivity contribution in [3.05, 3.63) is 23.3 Å². The molecular weight excluding hydrogens is 244 g/mol. The summed E-state index contributed by atoms with van der Waals surface area (Å²) in [6, 6.07) is 4.03. The zero-order chi connectivity index (χ0) is 13.6. The minimum atomic E-state index is -0.0581. The maximum absolute atomic E-state index is 11.8. The monoisotopic (exact) mass is 262 g/mol. The average molecular weight is 262 g/mol. The summed E-state index contributed by atoms with van der Waals surface area (Å²) in [4.78, 5) is 11.8. The van der Waals surface area contributed by atoms with Crippen LogP contribution in [-0.2, 0) is 16.0 Å². The first-order valence-corrected chi connectivity index (χ1v) is 6.57. The lowest BCUT2D eigenvalue weighted by Gasteiger charge is -2.31. The number of benzene rings is 1. The Kier molecular flexibility index (Phi) is 2.88. The van der Waals surface area contributed by atoms with Gasteiger partial charge in [-0.1, -0.05) is 6.92 Å². The van der Waals surface area contributed by atoms with Crippen molar-refractivity contribution in [3.63, 3.8) is 0 Å². The largest absolute Gasteiger partial charge is 0.493 e. The Labute approximate surface area is 112 Å². The number of ether oxygens (including phenoxy) is 3. The van der Waals surface area contributed by atoms with Gasteiger partial charge in [-0.15, -0.1) is 0 Å². The Morgan fingerprint density at radius 1 is 1.21 bits per heavy atom. The van der Waals surface area contributed by atoms with Crippen LogP contribution in [0, 0.1) is 11.8 Å². The molecule has 2 aliphatic rings. The standard InChI is InChI=1S/C15H18O4/c1-8-10-6-14(18-3)13(17-2)5-9(10)4-11-12(8)7-19-15(11)16/h5-6,8,11-12H,4,7H2,1-3H3/t8-,11+,12+/m0/s1. The molecule has 0 unspecified atom stereocenters. The van der Waals surface area contributed by atoms with Gasteiger partial charge in [-0.05, 0) is 35.6 Å². The van der Waals surface area contributed by atoms with E-state index < -0.39 is 0 Å². The van der Waals surface area contributed by atoms with Crippen LogP contribution in [0.2, 0.25) is 0 Å². The minimum Gasteiger partial charge on any atom is -0.493 e. The SMILES string of the molecule is COc1cc2c(cc1OC)[C@H](C)[C@H]1COC(=O)[C@@H]1C2. The van der Waals surface area contributed by atoms with Gasteiger partial charge in [0.15, 0.2) is 11.5 Å². The molecule has 4 nitrogen and oxygen atoms in total. The molecule has 1 aromatic carbocycles. The first-order valence-electron chi connectivity index (χ1n) is 6.57. The number of cyclic esters (lactones) is 1. The van der Waals surface area contributed by atoms with E-state index in [1.165, 1.54) is 11.1 Å². The number of hydrogen-bond donors (Lipinski definition) is 0. The van der Waals surface area contributed by atoms with E-state index in [9.17, 15) is 4.79 Å². The molecule has 1 heterocycles. The first kappa shape index (κ1) is 12.3. The van der Waals surface area contributed by atoms with Gasteiger partial charge in [0, 0.05) is 5.92 Å². The number of rotatable bonds is 2. The van der Waals surface area contributed by atoms with Gasteiger partial charge in [0.1, 0.15) is 0 Å². The van der Waals surface area contributed by atoms with E-state index >= 15 is 0 Å². The average Bonchev–Trinajstić information content (AvgIpc) is 2.79. The van der Waals surface area contributed by atoms with Crippen LogP contribution >= 0.6 is 0 Å². The molecule has 19 heavy (non-hydrogen) atoms. The van der Waals surface area contributed by atoms with Gasteiger partial charge in [0.05, 0.1) is 26.7 Å². The fourth-order valence-corrected chi connectivity index (χ4v) is 3.31. The topological polar surface area (TPSA) is 44.8 Å². The van der Waals surface area contributed by atoms with E-state index in [1.54, 1.807) is 14.2 Å². The molecule has 102 valence electrons. The van der Waals surface area contributed by atoms with Crippen molar-refractivity contribution >= 4 is 5.97 Å². The third kappa shape index (κ3) is 1.78. The first-order chi connectivity index (χ1) is 9.15. The van der Waals surface area contributed by atoms with Crippen LogP contribution < -0.4 is 9.47 Å². The van der Waals surface area contributed by atoms with Gasteiger partial charge < -0.3 is 14.2 Å². The molecule has 0 saturated carbocycles. The molecule has 0 radical (unpaired) electrons. The quantitative estimate of drug-likeness (QED) is 0.766. The number of hydrogen-bond acceptors (Lipinski definition) is 4. The molecule has 3 rings (SSSR count). The highest BCUT2D eigenvalue weighted by atomic mass is 16.5. The summed E-state index contributed by atoms with van der Waals surface area (Å²) in [5.41, 5.74) is 2.42. The van der Waals surface area contributed by atoms with E-state index in [0.29, 0.717) is 12.5 Å². The zero-order valence-electron chi connectivity index (χ0n) is 11.4. The van der Waals surface area contributed by atoms with Gasteiger partial charge >= 0.3 is 5.97 Å². The zero-order valence-corrected chi connectivity index (χ0v) is 11.4. The van der Waals surface area contributed by atoms with Crippen LogP contribution in [-0.4, -0.2) is 26.8 Å². The van der Waals surface area contributed by atoms with Gasteiger partial charge in [-0.25, -0.2) is 0 Å². The second kappa shape index (κ2) is 4.44. The Hall–Kier alpha value is -1.71. The van der Waals surface area contributed by atoms with Crippen molar-refractivity contribution in [2.24, 2.45) is 11.8 Å². The highest BCUT2D eigenvalue weighted by Gasteiger charge is 2.44. The van der Waals surface area contributed by atoms with Gasteiger partial charge in [0.25, 0.3) is 0 Å². The van der Waals surface area contributed by atoms with Crippen molar-refractivity contribution in [2.75, 3.05) is 20.8 Å². The molecule has 0 bridgehead atoms. The van der Waals surface area contributed by atoms with Gasteiger partial charge in [-0.3, -0.25) is 4.79 Å². The van der Waals surface area contributed by atoms with Gasteiger partial charge in [0.2, 0.25) is 0 Å². The molecule has 0 spiro atoms. The molecule has 0 amide bonds. The summed E-state index contributed by atoms with van der Waals surface area (Å²) in [5, 5.41) is 0. The van der Waals surface area contributed by atoms with Crippen molar-refractivity contribution in [3.8, 4) is 11.5 Å². The van der Waals surface area contributed by atoms with E-state index in [4.69, 9.17) is 14.2 Å². The summed E-state index contributed by atoms with van der Waals surface area (Å²) >= 11 is 0. The predicted octanol–water partition coefficient (Wildman–Crippen LogP) is 2.15. The van der Waals surface area contributed by atoms with Crippen LogP contribution in [0.4, 0.5) is 0 Å². The second-order valence-electron chi connectivity index (χ2n) is 5.30. The van der Waals surface area contributed by atoms with E-state index in [0.717, 1.165) is 17.9 Å². The summed E-state index contributed by atoms with van der Waals surface area (Å²) < 4.78 is 15.9.